The number of anilines is 1. The minimum absolute atomic E-state index is 0.219. The van der Waals surface area contributed by atoms with E-state index in [9.17, 15) is 0 Å². The molecule has 0 aliphatic rings. The fourth-order valence-electron chi connectivity index (χ4n) is 1.26. The third kappa shape index (κ3) is 3.63. The first-order valence-corrected chi connectivity index (χ1v) is 5.17. The topological polar surface area (TPSA) is 35.8 Å². The van der Waals surface area contributed by atoms with Crippen molar-refractivity contribution in [2.75, 3.05) is 11.9 Å². The van der Waals surface area contributed by atoms with Gasteiger partial charge in [0, 0.05) is 6.54 Å². The first-order valence-electron chi connectivity index (χ1n) is 5.17. The Morgan fingerprint density at radius 2 is 2.00 bits per heavy atom. The van der Waals surface area contributed by atoms with Gasteiger partial charge in [0.05, 0.1) is 11.3 Å². The Morgan fingerprint density at radius 3 is 2.53 bits per heavy atom. The monoisotopic (exact) mass is 202 g/mol. The summed E-state index contributed by atoms with van der Waals surface area (Å²) in [6, 6.07) is 8.04. The Morgan fingerprint density at radius 1 is 1.33 bits per heavy atom. The molecular formula is C13H18N2. The summed E-state index contributed by atoms with van der Waals surface area (Å²) in [5.74, 6) is 0. The molecule has 2 heteroatoms. The summed E-state index contributed by atoms with van der Waals surface area (Å²) in [5, 5.41) is 12.3. The highest BCUT2D eigenvalue weighted by atomic mass is 14.9. The number of aryl methyl sites for hydroxylation is 1. The summed E-state index contributed by atoms with van der Waals surface area (Å²) in [5.41, 5.74) is 3.04. The van der Waals surface area contributed by atoms with Crippen LogP contribution in [0.2, 0.25) is 0 Å². The maximum absolute atomic E-state index is 8.95. The summed E-state index contributed by atoms with van der Waals surface area (Å²) in [6.45, 7) is 9.40. The Kier molecular flexibility index (Phi) is 3.36. The maximum atomic E-state index is 8.95. The Hall–Kier alpha value is -1.49. The molecule has 0 heterocycles. The highest BCUT2D eigenvalue weighted by molar-refractivity contribution is 5.58. The Bertz CT molecular complexity index is 381. The van der Waals surface area contributed by atoms with Crippen molar-refractivity contribution in [1.82, 2.24) is 0 Å². The smallest absolute Gasteiger partial charge is 0.101 e. The minimum Gasteiger partial charge on any atom is -0.383 e. The van der Waals surface area contributed by atoms with E-state index in [1.165, 1.54) is 5.56 Å². The summed E-state index contributed by atoms with van der Waals surface area (Å²) in [4.78, 5) is 0. The standard InChI is InChI=1S/C13H18N2/c1-10-5-6-11(8-14)12(7-10)15-9-13(2,3)4/h5-7,15H,9H2,1-4H3. The lowest BCUT2D eigenvalue weighted by Gasteiger charge is -2.20. The number of nitrogens with one attached hydrogen (secondary N) is 1. The van der Waals surface area contributed by atoms with Crippen molar-refractivity contribution in [1.29, 1.82) is 5.26 Å². The van der Waals surface area contributed by atoms with E-state index in [1.54, 1.807) is 0 Å². The van der Waals surface area contributed by atoms with Crippen LogP contribution in [-0.4, -0.2) is 6.54 Å². The second kappa shape index (κ2) is 4.35. The van der Waals surface area contributed by atoms with Gasteiger partial charge in [-0.2, -0.15) is 5.26 Å². The van der Waals surface area contributed by atoms with Gasteiger partial charge in [-0.25, -0.2) is 0 Å². The number of hydrogen-bond donors (Lipinski definition) is 1. The quantitative estimate of drug-likeness (QED) is 0.798. The van der Waals surface area contributed by atoms with Crippen LogP contribution in [0.3, 0.4) is 0 Å². The molecule has 0 saturated carbocycles. The molecule has 1 N–H and O–H groups in total. The Labute approximate surface area is 91.9 Å². The third-order valence-electron chi connectivity index (χ3n) is 2.10. The van der Waals surface area contributed by atoms with Gasteiger partial charge in [0.1, 0.15) is 6.07 Å². The SMILES string of the molecule is Cc1ccc(C#N)c(NCC(C)(C)C)c1. The van der Waals surface area contributed by atoms with E-state index in [1.807, 2.05) is 25.1 Å². The van der Waals surface area contributed by atoms with Gasteiger partial charge in [0.15, 0.2) is 0 Å². The van der Waals surface area contributed by atoms with Crippen molar-refractivity contribution in [2.45, 2.75) is 27.7 Å². The Balaban J connectivity index is 2.85. The van der Waals surface area contributed by atoms with Crippen LogP contribution in [0.15, 0.2) is 18.2 Å². The van der Waals surface area contributed by atoms with Gasteiger partial charge >= 0.3 is 0 Å². The molecule has 80 valence electrons. The predicted molar refractivity (Wildman–Crippen MR) is 63.8 cm³/mol. The molecule has 0 unspecified atom stereocenters. The first kappa shape index (κ1) is 11.6. The molecule has 0 aliphatic carbocycles. The molecule has 15 heavy (non-hydrogen) atoms. The van der Waals surface area contributed by atoms with Crippen molar-refractivity contribution in [2.24, 2.45) is 5.41 Å². The van der Waals surface area contributed by atoms with Gasteiger partial charge in [-0.3, -0.25) is 0 Å². The van der Waals surface area contributed by atoms with E-state index in [2.05, 4.69) is 32.2 Å². The third-order valence-corrected chi connectivity index (χ3v) is 2.10. The molecule has 0 fully saturated rings. The molecule has 1 rings (SSSR count). The van der Waals surface area contributed by atoms with Crippen LogP contribution < -0.4 is 5.32 Å². The van der Waals surface area contributed by atoms with Crippen molar-refractivity contribution < 1.29 is 0 Å². The van der Waals surface area contributed by atoms with Crippen LogP contribution >= 0.6 is 0 Å². The van der Waals surface area contributed by atoms with Gasteiger partial charge in [-0.05, 0) is 30.0 Å². The average molecular weight is 202 g/mol. The summed E-state index contributed by atoms with van der Waals surface area (Å²) < 4.78 is 0. The number of nitrogens with zero attached hydrogens (tertiary/aromatic N) is 1. The summed E-state index contributed by atoms with van der Waals surface area (Å²) in [7, 11) is 0. The van der Waals surface area contributed by atoms with Gasteiger partial charge in [0.2, 0.25) is 0 Å². The predicted octanol–water partition coefficient (Wildman–Crippen LogP) is 3.32. The summed E-state index contributed by atoms with van der Waals surface area (Å²) in [6.07, 6.45) is 0. The number of benzene rings is 1. The maximum Gasteiger partial charge on any atom is 0.101 e. The van der Waals surface area contributed by atoms with Gasteiger partial charge in [0.25, 0.3) is 0 Å². The number of hydrogen-bond acceptors (Lipinski definition) is 2. The molecule has 0 radical (unpaired) electrons. The van der Waals surface area contributed by atoms with Crippen molar-refractivity contribution in [3.63, 3.8) is 0 Å². The average Bonchev–Trinajstić information content (AvgIpc) is 2.14. The molecule has 0 spiro atoms. The molecule has 1 aromatic carbocycles. The van der Waals surface area contributed by atoms with E-state index < -0.39 is 0 Å². The van der Waals surface area contributed by atoms with Crippen LogP contribution in [0, 0.1) is 23.7 Å². The molecule has 0 bridgehead atoms. The number of nitriles is 1. The van der Waals surface area contributed by atoms with E-state index in [0.29, 0.717) is 5.56 Å². The lowest BCUT2D eigenvalue weighted by atomic mass is 9.96. The molecule has 0 aromatic heterocycles. The van der Waals surface area contributed by atoms with Gasteiger partial charge in [-0.15, -0.1) is 0 Å². The van der Waals surface area contributed by atoms with Gasteiger partial charge < -0.3 is 5.32 Å². The van der Waals surface area contributed by atoms with E-state index in [4.69, 9.17) is 5.26 Å². The minimum atomic E-state index is 0.219. The second-order valence-corrected chi connectivity index (χ2v) is 5.08. The van der Waals surface area contributed by atoms with Crippen LogP contribution in [0.5, 0.6) is 0 Å². The lowest BCUT2D eigenvalue weighted by Crippen LogP contribution is -2.19. The fourth-order valence-corrected chi connectivity index (χ4v) is 1.26. The van der Waals surface area contributed by atoms with E-state index in [-0.39, 0.29) is 5.41 Å². The van der Waals surface area contributed by atoms with Crippen molar-refractivity contribution in [3.8, 4) is 6.07 Å². The summed E-state index contributed by atoms with van der Waals surface area (Å²) >= 11 is 0. The lowest BCUT2D eigenvalue weighted by molar-refractivity contribution is 0.443. The highest BCUT2D eigenvalue weighted by Crippen LogP contribution is 2.19. The number of rotatable bonds is 2. The van der Waals surface area contributed by atoms with E-state index in [0.717, 1.165) is 12.2 Å². The normalized spacial score (nSPS) is 10.9. The van der Waals surface area contributed by atoms with Crippen LogP contribution in [0.25, 0.3) is 0 Å². The van der Waals surface area contributed by atoms with Crippen LogP contribution in [0.1, 0.15) is 31.9 Å². The largest absolute Gasteiger partial charge is 0.383 e. The van der Waals surface area contributed by atoms with Crippen LogP contribution in [0.4, 0.5) is 5.69 Å². The zero-order chi connectivity index (χ0) is 11.5. The van der Waals surface area contributed by atoms with Crippen LogP contribution in [-0.2, 0) is 0 Å². The first-order chi connectivity index (χ1) is 6.92. The zero-order valence-corrected chi connectivity index (χ0v) is 9.89. The van der Waals surface area contributed by atoms with Crippen molar-refractivity contribution >= 4 is 5.69 Å². The second-order valence-electron chi connectivity index (χ2n) is 5.08. The van der Waals surface area contributed by atoms with Gasteiger partial charge in [-0.1, -0.05) is 26.8 Å². The molecular weight excluding hydrogens is 184 g/mol. The molecule has 0 atom stereocenters. The zero-order valence-electron chi connectivity index (χ0n) is 9.89. The molecule has 1 aromatic rings. The highest BCUT2D eigenvalue weighted by Gasteiger charge is 2.10. The molecule has 0 amide bonds. The van der Waals surface area contributed by atoms with E-state index >= 15 is 0 Å². The molecule has 2 nitrogen and oxygen atoms in total. The van der Waals surface area contributed by atoms with Crippen molar-refractivity contribution in [3.05, 3.63) is 29.3 Å². The molecule has 0 saturated heterocycles. The molecule has 0 aliphatic heterocycles. The fraction of sp³-hybridized carbons (Fsp3) is 0.462.